The summed E-state index contributed by atoms with van der Waals surface area (Å²) in [4.78, 5) is 2.47. The molecule has 1 aliphatic heterocycles. The van der Waals surface area contributed by atoms with Gasteiger partial charge in [0.15, 0.2) is 0 Å². The second-order valence-corrected chi connectivity index (χ2v) is 8.01. The molecule has 0 amide bonds. The zero-order valence-corrected chi connectivity index (χ0v) is 17.7. The van der Waals surface area contributed by atoms with E-state index in [0.29, 0.717) is 0 Å². The third kappa shape index (κ3) is 4.42. The van der Waals surface area contributed by atoms with E-state index in [1.807, 2.05) is 30.5 Å². The lowest BCUT2D eigenvalue weighted by atomic mass is 9.94. The summed E-state index contributed by atoms with van der Waals surface area (Å²) in [7, 11) is 0. The highest BCUT2D eigenvalue weighted by molar-refractivity contribution is 5.92. The normalized spacial score (nSPS) is 14.1. The number of benzene rings is 3. The fourth-order valence-electron chi connectivity index (χ4n) is 4.29. The van der Waals surface area contributed by atoms with E-state index >= 15 is 0 Å². The van der Waals surface area contributed by atoms with Gasteiger partial charge >= 0.3 is 0 Å². The molecular formula is C28H27NO2. The predicted molar refractivity (Wildman–Crippen MR) is 126 cm³/mol. The Morgan fingerprint density at radius 2 is 1.35 bits per heavy atom. The van der Waals surface area contributed by atoms with Gasteiger partial charge in [0, 0.05) is 23.2 Å². The smallest absolute Gasteiger partial charge is 0.142 e. The Balaban J connectivity index is 1.43. The molecule has 0 radical (unpaired) electrons. The molecule has 2 heterocycles. The van der Waals surface area contributed by atoms with Gasteiger partial charge in [-0.15, -0.1) is 0 Å². The Labute approximate surface area is 183 Å². The van der Waals surface area contributed by atoms with E-state index < -0.39 is 0 Å². The summed E-state index contributed by atoms with van der Waals surface area (Å²) in [6.45, 7) is 4.13. The summed E-state index contributed by atoms with van der Waals surface area (Å²) in [5.74, 6) is 1.80. The van der Waals surface area contributed by atoms with Gasteiger partial charge in [-0.2, -0.15) is 0 Å². The molecule has 1 fully saturated rings. The molecule has 31 heavy (non-hydrogen) atoms. The van der Waals surface area contributed by atoms with Crippen LogP contribution in [0.3, 0.4) is 0 Å². The minimum atomic E-state index is 0.732. The van der Waals surface area contributed by atoms with Gasteiger partial charge in [-0.1, -0.05) is 72.8 Å². The van der Waals surface area contributed by atoms with Gasteiger partial charge in [0.1, 0.15) is 18.1 Å². The van der Waals surface area contributed by atoms with Crippen molar-refractivity contribution in [1.82, 2.24) is 4.90 Å². The average molecular weight is 410 g/mol. The topological polar surface area (TPSA) is 25.6 Å². The second kappa shape index (κ2) is 9.23. The van der Waals surface area contributed by atoms with Crippen LogP contribution in [0.25, 0.3) is 33.6 Å². The summed E-state index contributed by atoms with van der Waals surface area (Å²) in [6.07, 6.45) is 4.49. The Kier molecular flexibility index (Phi) is 5.85. The number of rotatable bonds is 7. The van der Waals surface area contributed by atoms with Gasteiger partial charge in [0.2, 0.25) is 0 Å². The molecule has 3 aromatic carbocycles. The molecule has 1 saturated heterocycles. The molecule has 4 aromatic rings. The maximum Gasteiger partial charge on any atom is 0.142 e. The quantitative estimate of drug-likeness (QED) is 0.337. The number of furan rings is 1. The van der Waals surface area contributed by atoms with Crippen LogP contribution in [-0.2, 0) is 0 Å². The summed E-state index contributed by atoms with van der Waals surface area (Å²) < 4.78 is 12.1. The minimum Gasteiger partial charge on any atom is -0.492 e. The van der Waals surface area contributed by atoms with E-state index in [1.54, 1.807) is 0 Å². The lowest BCUT2D eigenvalue weighted by Gasteiger charge is -2.15. The van der Waals surface area contributed by atoms with E-state index in [-0.39, 0.29) is 0 Å². The Morgan fingerprint density at radius 3 is 2.03 bits per heavy atom. The molecule has 1 aromatic heterocycles. The van der Waals surface area contributed by atoms with Crippen LogP contribution in [0.1, 0.15) is 12.8 Å². The first kappa shape index (κ1) is 19.7. The Morgan fingerprint density at radius 1 is 0.710 bits per heavy atom. The van der Waals surface area contributed by atoms with Crippen LogP contribution in [0, 0.1) is 0 Å². The highest BCUT2D eigenvalue weighted by atomic mass is 16.5. The summed E-state index contributed by atoms with van der Waals surface area (Å²) in [5, 5.41) is 0. The van der Waals surface area contributed by atoms with E-state index in [1.165, 1.54) is 25.9 Å². The highest BCUT2D eigenvalue weighted by Gasteiger charge is 2.18. The van der Waals surface area contributed by atoms with Crippen molar-refractivity contribution < 1.29 is 9.15 Å². The number of hydrogen-bond donors (Lipinski definition) is 0. The SMILES string of the molecule is c1ccc(-c2coc(-c3ccccc3)c2-c2ccc(OCCN3CCCC3)cc2)cc1. The van der Waals surface area contributed by atoms with Gasteiger partial charge in [-0.25, -0.2) is 0 Å². The summed E-state index contributed by atoms with van der Waals surface area (Å²) >= 11 is 0. The Bertz CT molecular complexity index is 1040. The molecule has 0 aliphatic carbocycles. The van der Waals surface area contributed by atoms with Crippen molar-refractivity contribution in [2.45, 2.75) is 12.8 Å². The van der Waals surface area contributed by atoms with E-state index in [0.717, 1.165) is 52.5 Å². The first-order valence-electron chi connectivity index (χ1n) is 11.1. The molecule has 3 heteroatoms. The van der Waals surface area contributed by atoms with Crippen molar-refractivity contribution in [1.29, 1.82) is 0 Å². The van der Waals surface area contributed by atoms with Gasteiger partial charge in [0.05, 0.1) is 6.26 Å². The minimum absolute atomic E-state index is 0.732. The lowest BCUT2D eigenvalue weighted by Crippen LogP contribution is -2.25. The first-order chi connectivity index (χ1) is 15.4. The molecule has 0 atom stereocenters. The second-order valence-electron chi connectivity index (χ2n) is 8.01. The van der Waals surface area contributed by atoms with Crippen LogP contribution in [0.2, 0.25) is 0 Å². The average Bonchev–Trinajstić information content (AvgIpc) is 3.51. The lowest BCUT2D eigenvalue weighted by molar-refractivity contribution is 0.238. The van der Waals surface area contributed by atoms with E-state index in [2.05, 4.69) is 65.6 Å². The third-order valence-electron chi connectivity index (χ3n) is 5.93. The van der Waals surface area contributed by atoms with Crippen molar-refractivity contribution in [2.24, 2.45) is 0 Å². The van der Waals surface area contributed by atoms with Crippen LogP contribution in [0.15, 0.2) is 95.6 Å². The van der Waals surface area contributed by atoms with Crippen LogP contribution < -0.4 is 4.74 Å². The van der Waals surface area contributed by atoms with E-state index in [9.17, 15) is 0 Å². The maximum atomic E-state index is 6.11. The summed E-state index contributed by atoms with van der Waals surface area (Å²) in [6, 6.07) is 29.1. The molecule has 0 spiro atoms. The van der Waals surface area contributed by atoms with Crippen molar-refractivity contribution in [2.75, 3.05) is 26.2 Å². The van der Waals surface area contributed by atoms with Gasteiger partial charge < -0.3 is 9.15 Å². The molecule has 0 saturated carbocycles. The van der Waals surface area contributed by atoms with Crippen LogP contribution in [0.5, 0.6) is 5.75 Å². The van der Waals surface area contributed by atoms with Crippen molar-refractivity contribution in [3.63, 3.8) is 0 Å². The van der Waals surface area contributed by atoms with Gasteiger partial charge in [0.25, 0.3) is 0 Å². The van der Waals surface area contributed by atoms with Crippen LogP contribution in [-0.4, -0.2) is 31.1 Å². The van der Waals surface area contributed by atoms with Gasteiger partial charge in [-0.05, 0) is 49.2 Å². The third-order valence-corrected chi connectivity index (χ3v) is 5.93. The zero-order valence-electron chi connectivity index (χ0n) is 17.7. The number of hydrogen-bond acceptors (Lipinski definition) is 3. The van der Waals surface area contributed by atoms with Crippen LogP contribution >= 0.6 is 0 Å². The Hall–Kier alpha value is -3.30. The fourth-order valence-corrected chi connectivity index (χ4v) is 4.29. The highest BCUT2D eigenvalue weighted by Crippen LogP contribution is 2.42. The van der Waals surface area contributed by atoms with E-state index in [4.69, 9.17) is 9.15 Å². The molecule has 5 rings (SSSR count). The number of likely N-dealkylation sites (tertiary alicyclic amines) is 1. The maximum absolute atomic E-state index is 6.11. The molecule has 156 valence electrons. The number of nitrogens with zero attached hydrogens (tertiary/aromatic N) is 1. The molecule has 3 nitrogen and oxygen atoms in total. The molecule has 0 unspecified atom stereocenters. The van der Waals surface area contributed by atoms with Crippen molar-refractivity contribution in [3.05, 3.63) is 91.2 Å². The van der Waals surface area contributed by atoms with Crippen molar-refractivity contribution in [3.8, 4) is 39.3 Å². The van der Waals surface area contributed by atoms with Gasteiger partial charge in [-0.3, -0.25) is 4.90 Å². The molecule has 0 bridgehead atoms. The molecule has 1 aliphatic rings. The van der Waals surface area contributed by atoms with Crippen molar-refractivity contribution >= 4 is 0 Å². The molecule has 0 N–H and O–H groups in total. The molecular weight excluding hydrogens is 382 g/mol. The monoisotopic (exact) mass is 409 g/mol. The first-order valence-corrected chi connectivity index (χ1v) is 11.1. The fraction of sp³-hybridized carbons (Fsp3) is 0.214. The predicted octanol–water partition coefficient (Wildman–Crippen LogP) is 6.76. The zero-order chi connectivity index (χ0) is 20.9. The summed E-state index contributed by atoms with van der Waals surface area (Å²) in [5.41, 5.74) is 5.56. The van der Waals surface area contributed by atoms with Crippen LogP contribution in [0.4, 0.5) is 0 Å². The largest absolute Gasteiger partial charge is 0.492 e. The standard InChI is InChI=1S/C28H27NO2/c1-3-9-22(10-4-1)26-21-31-28(24-11-5-2-6-12-24)27(26)23-13-15-25(16-14-23)30-20-19-29-17-7-8-18-29/h1-6,9-16,21H,7-8,17-20H2. The number of ether oxygens (including phenoxy) is 1.